The molecule has 2 aromatic carbocycles. The number of aliphatic hydroxyl groups excluding tert-OH is 1. The zero-order chi connectivity index (χ0) is 16.1. The van der Waals surface area contributed by atoms with Gasteiger partial charge in [0.05, 0.1) is 6.54 Å². The second kappa shape index (κ2) is 6.93. The Kier molecular flexibility index (Phi) is 4.54. The Hall–Kier alpha value is -2.86. The zero-order valence-corrected chi connectivity index (χ0v) is 12.3. The number of aliphatic hydroxyl groups is 1. The summed E-state index contributed by atoms with van der Waals surface area (Å²) in [5.74, 6) is 0.276. The first kappa shape index (κ1) is 15.1. The molecule has 0 radical (unpaired) electrons. The number of nitrogens with zero attached hydrogens (tertiary/aromatic N) is 2. The molecule has 0 amide bonds. The second-order valence-corrected chi connectivity index (χ2v) is 5.00. The molecule has 0 saturated heterocycles. The van der Waals surface area contributed by atoms with Gasteiger partial charge in [-0.05, 0) is 24.3 Å². The van der Waals surface area contributed by atoms with Gasteiger partial charge in [0.2, 0.25) is 5.89 Å². The van der Waals surface area contributed by atoms with Crippen LogP contribution < -0.4 is 10.5 Å². The van der Waals surface area contributed by atoms with Crippen LogP contribution in [0, 0.1) is 0 Å². The van der Waals surface area contributed by atoms with E-state index in [1.807, 2.05) is 36.4 Å². The van der Waals surface area contributed by atoms with Crippen molar-refractivity contribution >= 4 is 0 Å². The number of benzene rings is 2. The van der Waals surface area contributed by atoms with Crippen LogP contribution >= 0.6 is 0 Å². The highest BCUT2D eigenvalue weighted by molar-refractivity contribution is 5.51. The molecule has 1 atom stereocenters. The molecule has 23 heavy (non-hydrogen) atoms. The van der Waals surface area contributed by atoms with Gasteiger partial charge in [-0.25, -0.2) is 4.79 Å². The van der Waals surface area contributed by atoms with Crippen molar-refractivity contribution < 1.29 is 14.3 Å². The van der Waals surface area contributed by atoms with Crippen LogP contribution in [-0.4, -0.2) is 27.6 Å². The van der Waals surface area contributed by atoms with Gasteiger partial charge < -0.3 is 14.3 Å². The van der Waals surface area contributed by atoms with Crippen molar-refractivity contribution in [2.75, 3.05) is 6.61 Å². The predicted octanol–water partition coefficient (Wildman–Crippen LogP) is 1.94. The summed E-state index contributed by atoms with van der Waals surface area (Å²) in [6.45, 7) is 0.0615. The van der Waals surface area contributed by atoms with Gasteiger partial charge in [0.15, 0.2) is 0 Å². The average Bonchev–Trinajstić information content (AvgIpc) is 2.95. The van der Waals surface area contributed by atoms with Crippen molar-refractivity contribution in [2.24, 2.45) is 0 Å². The molecule has 118 valence electrons. The highest BCUT2D eigenvalue weighted by Gasteiger charge is 2.14. The van der Waals surface area contributed by atoms with Crippen LogP contribution in [0.1, 0.15) is 0 Å². The van der Waals surface area contributed by atoms with Crippen LogP contribution in [0.25, 0.3) is 11.5 Å². The molecule has 6 nitrogen and oxygen atoms in total. The maximum atomic E-state index is 11.8. The van der Waals surface area contributed by atoms with E-state index in [1.165, 1.54) is 0 Å². The topological polar surface area (TPSA) is 77.5 Å². The predicted molar refractivity (Wildman–Crippen MR) is 84.1 cm³/mol. The van der Waals surface area contributed by atoms with Crippen LogP contribution in [0.3, 0.4) is 0 Å². The fourth-order valence-corrected chi connectivity index (χ4v) is 2.08. The molecule has 0 bridgehead atoms. The first-order valence-corrected chi connectivity index (χ1v) is 7.21. The van der Waals surface area contributed by atoms with Crippen molar-refractivity contribution in [3.05, 3.63) is 71.2 Å². The van der Waals surface area contributed by atoms with E-state index >= 15 is 0 Å². The van der Waals surface area contributed by atoms with E-state index in [9.17, 15) is 9.90 Å². The van der Waals surface area contributed by atoms with Gasteiger partial charge in [-0.2, -0.15) is 4.68 Å². The van der Waals surface area contributed by atoms with Crippen molar-refractivity contribution in [2.45, 2.75) is 12.6 Å². The molecular formula is C17H16N2O4. The summed E-state index contributed by atoms with van der Waals surface area (Å²) in [6, 6.07) is 18.3. The van der Waals surface area contributed by atoms with E-state index in [4.69, 9.17) is 9.15 Å². The number of hydrogen-bond acceptors (Lipinski definition) is 5. The average molecular weight is 312 g/mol. The maximum absolute atomic E-state index is 11.8. The van der Waals surface area contributed by atoms with Crippen molar-refractivity contribution in [3.63, 3.8) is 0 Å². The van der Waals surface area contributed by atoms with Gasteiger partial charge in [-0.3, -0.25) is 0 Å². The largest absolute Gasteiger partial charge is 0.491 e. The highest BCUT2D eigenvalue weighted by Crippen LogP contribution is 2.14. The Morgan fingerprint density at radius 1 is 1.09 bits per heavy atom. The Balaban J connectivity index is 1.64. The van der Waals surface area contributed by atoms with Gasteiger partial charge in [0.1, 0.15) is 18.5 Å². The Bertz CT molecular complexity index is 796. The number of hydrogen-bond donors (Lipinski definition) is 1. The lowest BCUT2D eigenvalue weighted by Gasteiger charge is -2.11. The molecule has 0 unspecified atom stereocenters. The Labute approximate surface area is 132 Å². The summed E-state index contributed by atoms with van der Waals surface area (Å²) < 4.78 is 11.7. The summed E-state index contributed by atoms with van der Waals surface area (Å²) in [6.07, 6.45) is -0.873. The first-order chi connectivity index (χ1) is 11.2. The van der Waals surface area contributed by atoms with E-state index in [1.54, 1.807) is 24.3 Å². The monoisotopic (exact) mass is 312 g/mol. The van der Waals surface area contributed by atoms with Gasteiger partial charge in [0.25, 0.3) is 0 Å². The van der Waals surface area contributed by atoms with Crippen LogP contribution in [0.15, 0.2) is 69.9 Å². The van der Waals surface area contributed by atoms with Crippen LogP contribution in [0.2, 0.25) is 0 Å². The van der Waals surface area contributed by atoms with E-state index < -0.39 is 11.9 Å². The van der Waals surface area contributed by atoms with E-state index in [0.717, 1.165) is 4.68 Å². The SMILES string of the molecule is O=c1oc(-c2ccccc2)nn1C[C@H](O)COc1ccccc1. The van der Waals surface area contributed by atoms with Gasteiger partial charge in [-0.15, -0.1) is 5.10 Å². The summed E-state index contributed by atoms with van der Waals surface area (Å²) in [5, 5.41) is 14.1. The lowest BCUT2D eigenvalue weighted by Crippen LogP contribution is -2.29. The van der Waals surface area contributed by atoms with Crippen molar-refractivity contribution in [1.82, 2.24) is 9.78 Å². The zero-order valence-electron chi connectivity index (χ0n) is 12.3. The maximum Gasteiger partial charge on any atom is 0.437 e. The molecule has 3 aromatic rings. The van der Waals surface area contributed by atoms with Crippen LogP contribution in [0.5, 0.6) is 5.75 Å². The van der Waals surface area contributed by atoms with Gasteiger partial charge in [0, 0.05) is 5.56 Å². The van der Waals surface area contributed by atoms with Gasteiger partial charge in [-0.1, -0.05) is 36.4 Å². The quantitative estimate of drug-likeness (QED) is 0.752. The smallest absolute Gasteiger partial charge is 0.437 e. The minimum Gasteiger partial charge on any atom is -0.491 e. The molecule has 0 aliphatic heterocycles. The van der Waals surface area contributed by atoms with Crippen molar-refractivity contribution in [1.29, 1.82) is 0 Å². The second-order valence-electron chi connectivity index (χ2n) is 5.00. The summed E-state index contributed by atoms with van der Waals surface area (Å²) in [5.41, 5.74) is 0.707. The molecule has 1 N–H and O–H groups in total. The summed E-state index contributed by atoms with van der Waals surface area (Å²) in [7, 11) is 0. The fraction of sp³-hybridized carbons (Fsp3) is 0.176. The molecule has 1 heterocycles. The van der Waals surface area contributed by atoms with E-state index in [2.05, 4.69) is 5.10 Å². The number of ether oxygens (including phenoxy) is 1. The number of rotatable bonds is 6. The first-order valence-electron chi connectivity index (χ1n) is 7.21. The molecular weight excluding hydrogens is 296 g/mol. The lowest BCUT2D eigenvalue weighted by molar-refractivity contribution is 0.0875. The standard InChI is InChI=1S/C17H16N2O4/c20-14(12-22-15-9-5-2-6-10-15)11-19-17(21)23-16(18-19)13-7-3-1-4-8-13/h1-10,14,20H,11-12H2/t14-/m0/s1. The fourth-order valence-electron chi connectivity index (χ4n) is 2.08. The van der Waals surface area contributed by atoms with Gasteiger partial charge >= 0.3 is 5.76 Å². The third kappa shape index (κ3) is 3.87. The molecule has 0 aliphatic carbocycles. The molecule has 0 spiro atoms. The van der Waals surface area contributed by atoms with Crippen molar-refractivity contribution in [3.8, 4) is 17.2 Å². The number of para-hydroxylation sites is 1. The van der Waals surface area contributed by atoms with Crippen LogP contribution in [0.4, 0.5) is 0 Å². The minimum atomic E-state index is -0.873. The summed E-state index contributed by atoms with van der Waals surface area (Å²) in [4.78, 5) is 11.8. The molecule has 1 aromatic heterocycles. The highest BCUT2D eigenvalue weighted by atomic mass is 16.5. The Morgan fingerprint density at radius 3 is 2.43 bits per heavy atom. The third-order valence-electron chi connectivity index (χ3n) is 3.20. The minimum absolute atomic E-state index is 0.00198. The van der Waals surface area contributed by atoms with Crippen LogP contribution in [-0.2, 0) is 6.54 Å². The van der Waals surface area contributed by atoms with E-state index in [-0.39, 0.29) is 19.0 Å². The lowest BCUT2D eigenvalue weighted by atomic mass is 10.2. The number of aromatic nitrogens is 2. The molecule has 0 saturated carbocycles. The van der Waals surface area contributed by atoms with E-state index in [0.29, 0.717) is 11.3 Å². The summed E-state index contributed by atoms with van der Waals surface area (Å²) >= 11 is 0. The third-order valence-corrected chi connectivity index (χ3v) is 3.20. The molecule has 0 aliphatic rings. The molecule has 0 fully saturated rings. The normalized spacial score (nSPS) is 12.0. The molecule has 3 rings (SSSR count). The Morgan fingerprint density at radius 2 is 1.74 bits per heavy atom. The molecule has 6 heteroatoms.